The van der Waals surface area contributed by atoms with Gasteiger partial charge in [-0.1, -0.05) is 20.8 Å². The van der Waals surface area contributed by atoms with Gasteiger partial charge in [0.1, 0.15) is 0 Å². The van der Waals surface area contributed by atoms with Gasteiger partial charge in [0, 0.05) is 19.0 Å². The fourth-order valence-electron chi connectivity index (χ4n) is 3.18. The van der Waals surface area contributed by atoms with Crippen molar-refractivity contribution in [1.29, 1.82) is 0 Å². The predicted molar refractivity (Wildman–Crippen MR) is 74.6 cm³/mol. The molecule has 1 aliphatic rings. The Morgan fingerprint density at radius 1 is 1.33 bits per heavy atom. The Morgan fingerprint density at radius 3 is 2.56 bits per heavy atom. The van der Waals surface area contributed by atoms with Crippen LogP contribution in [0.2, 0.25) is 0 Å². The third-order valence-electron chi connectivity index (χ3n) is 4.23. The monoisotopic (exact) mass is 255 g/mol. The van der Waals surface area contributed by atoms with Gasteiger partial charge in [-0.15, -0.1) is 0 Å². The Kier molecular flexibility index (Phi) is 6.13. The van der Waals surface area contributed by atoms with Gasteiger partial charge in [-0.3, -0.25) is 4.79 Å². The molecule has 3 unspecified atom stereocenters. The van der Waals surface area contributed by atoms with Gasteiger partial charge in [0.15, 0.2) is 0 Å². The average Bonchev–Trinajstić information content (AvgIpc) is 2.27. The van der Waals surface area contributed by atoms with Crippen molar-refractivity contribution in [3.63, 3.8) is 0 Å². The molecular weight excluding hydrogens is 226 g/mol. The molecule has 1 heterocycles. The number of likely N-dealkylation sites (tertiary alicyclic amines) is 1. The summed E-state index contributed by atoms with van der Waals surface area (Å²) in [6.07, 6.45) is 3.97. The zero-order chi connectivity index (χ0) is 13.7. The topological polar surface area (TPSA) is 40.5 Å². The van der Waals surface area contributed by atoms with Crippen LogP contribution in [-0.4, -0.2) is 35.1 Å². The summed E-state index contributed by atoms with van der Waals surface area (Å²) < 4.78 is 0. The first-order valence-electron chi connectivity index (χ1n) is 7.36. The molecule has 106 valence electrons. The Morgan fingerprint density at radius 2 is 2.00 bits per heavy atom. The van der Waals surface area contributed by atoms with Crippen LogP contribution in [0, 0.1) is 17.8 Å². The molecule has 0 aromatic heterocycles. The number of nitrogens with zero attached hydrogens (tertiary/aromatic N) is 1. The van der Waals surface area contributed by atoms with Crippen LogP contribution in [0.25, 0.3) is 0 Å². The van der Waals surface area contributed by atoms with Crippen LogP contribution >= 0.6 is 0 Å². The van der Waals surface area contributed by atoms with Crippen molar-refractivity contribution in [3.8, 4) is 0 Å². The number of carbonyl (C=O) groups is 1. The lowest BCUT2D eigenvalue weighted by Crippen LogP contribution is -2.43. The summed E-state index contributed by atoms with van der Waals surface area (Å²) in [7, 11) is 0. The van der Waals surface area contributed by atoms with Crippen LogP contribution in [0.15, 0.2) is 0 Å². The number of aliphatic carboxylic acids is 1. The predicted octanol–water partition coefficient (Wildman–Crippen LogP) is 3.24. The maximum atomic E-state index is 10.8. The first-order chi connectivity index (χ1) is 8.40. The van der Waals surface area contributed by atoms with E-state index in [1.54, 1.807) is 0 Å². The van der Waals surface area contributed by atoms with Gasteiger partial charge in [0.25, 0.3) is 0 Å². The molecule has 0 radical (unpaired) electrons. The van der Waals surface area contributed by atoms with E-state index in [1.165, 1.54) is 25.8 Å². The normalized spacial score (nSPS) is 25.1. The van der Waals surface area contributed by atoms with Crippen molar-refractivity contribution < 1.29 is 9.90 Å². The van der Waals surface area contributed by atoms with Crippen LogP contribution in [0.5, 0.6) is 0 Å². The molecule has 0 amide bonds. The summed E-state index contributed by atoms with van der Waals surface area (Å²) in [5.41, 5.74) is 0. The molecule has 3 nitrogen and oxygen atoms in total. The van der Waals surface area contributed by atoms with Gasteiger partial charge in [0.05, 0.1) is 0 Å². The van der Waals surface area contributed by atoms with E-state index in [0.717, 1.165) is 12.5 Å². The van der Waals surface area contributed by atoms with Crippen LogP contribution in [0.4, 0.5) is 0 Å². The number of carboxylic acid groups (broad SMARTS) is 1. The average molecular weight is 255 g/mol. The lowest BCUT2D eigenvalue weighted by molar-refractivity contribution is -0.138. The van der Waals surface area contributed by atoms with Crippen molar-refractivity contribution in [3.05, 3.63) is 0 Å². The number of rotatable bonds is 6. The Labute approximate surface area is 112 Å². The van der Waals surface area contributed by atoms with E-state index in [9.17, 15) is 4.79 Å². The van der Waals surface area contributed by atoms with Crippen molar-refractivity contribution >= 4 is 5.97 Å². The van der Waals surface area contributed by atoms with Gasteiger partial charge in [0.2, 0.25) is 0 Å². The summed E-state index contributed by atoms with van der Waals surface area (Å²) in [4.78, 5) is 13.4. The molecule has 3 heteroatoms. The third kappa shape index (κ3) is 4.97. The van der Waals surface area contributed by atoms with Crippen molar-refractivity contribution in [1.82, 2.24) is 4.90 Å². The van der Waals surface area contributed by atoms with E-state index < -0.39 is 5.97 Å². The second kappa shape index (κ2) is 7.13. The van der Waals surface area contributed by atoms with E-state index in [-0.39, 0.29) is 0 Å². The van der Waals surface area contributed by atoms with Crippen molar-refractivity contribution in [2.45, 2.75) is 59.4 Å². The zero-order valence-corrected chi connectivity index (χ0v) is 12.4. The molecule has 0 bridgehead atoms. The molecular formula is C15H29NO2. The highest BCUT2D eigenvalue weighted by molar-refractivity contribution is 5.67. The molecule has 1 N–H and O–H groups in total. The highest BCUT2D eigenvalue weighted by Crippen LogP contribution is 2.28. The molecule has 1 rings (SSSR count). The van der Waals surface area contributed by atoms with Crippen LogP contribution < -0.4 is 0 Å². The molecule has 0 saturated carbocycles. The van der Waals surface area contributed by atoms with Crippen LogP contribution in [-0.2, 0) is 4.79 Å². The van der Waals surface area contributed by atoms with E-state index >= 15 is 0 Å². The van der Waals surface area contributed by atoms with Gasteiger partial charge in [-0.25, -0.2) is 0 Å². The second-order valence-electron chi connectivity index (χ2n) is 6.45. The first-order valence-corrected chi connectivity index (χ1v) is 7.36. The maximum absolute atomic E-state index is 10.8. The number of hydrogen-bond donors (Lipinski definition) is 1. The summed E-state index contributed by atoms with van der Waals surface area (Å²) >= 11 is 0. The van der Waals surface area contributed by atoms with Crippen LogP contribution in [0.1, 0.15) is 53.4 Å². The largest absolute Gasteiger partial charge is 0.481 e. The Balaban J connectivity index is 2.47. The van der Waals surface area contributed by atoms with E-state index in [0.29, 0.717) is 24.3 Å². The van der Waals surface area contributed by atoms with E-state index in [1.807, 2.05) is 0 Å². The molecule has 3 atom stereocenters. The Hall–Kier alpha value is -0.570. The van der Waals surface area contributed by atoms with Gasteiger partial charge in [-0.2, -0.15) is 0 Å². The molecule has 1 fully saturated rings. The highest BCUT2D eigenvalue weighted by Gasteiger charge is 2.28. The van der Waals surface area contributed by atoms with E-state index in [2.05, 4.69) is 32.6 Å². The minimum atomic E-state index is -0.658. The lowest BCUT2D eigenvalue weighted by Gasteiger charge is -2.39. The van der Waals surface area contributed by atoms with E-state index in [4.69, 9.17) is 5.11 Å². The summed E-state index contributed by atoms with van der Waals surface area (Å²) in [5.74, 6) is 0.938. The molecule has 0 aromatic rings. The molecule has 1 aliphatic heterocycles. The first kappa shape index (κ1) is 15.5. The maximum Gasteiger partial charge on any atom is 0.303 e. The smallest absolute Gasteiger partial charge is 0.303 e. The van der Waals surface area contributed by atoms with Crippen LogP contribution in [0.3, 0.4) is 0 Å². The number of piperidine rings is 1. The molecule has 1 saturated heterocycles. The Bertz CT molecular complexity index is 265. The fraction of sp³-hybridized carbons (Fsp3) is 0.933. The fourth-order valence-corrected chi connectivity index (χ4v) is 3.18. The summed E-state index contributed by atoms with van der Waals surface area (Å²) in [5, 5.41) is 8.89. The molecule has 0 aromatic carbocycles. The number of hydrogen-bond acceptors (Lipinski definition) is 2. The quantitative estimate of drug-likeness (QED) is 0.792. The summed E-state index contributed by atoms with van der Waals surface area (Å²) in [6.45, 7) is 11.2. The minimum Gasteiger partial charge on any atom is -0.481 e. The van der Waals surface area contributed by atoms with Crippen molar-refractivity contribution in [2.24, 2.45) is 17.8 Å². The second-order valence-corrected chi connectivity index (χ2v) is 6.45. The molecule has 0 aliphatic carbocycles. The highest BCUT2D eigenvalue weighted by atomic mass is 16.4. The third-order valence-corrected chi connectivity index (χ3v) is 4.23. The molecule has 18 heavy (non-hydrogen) atoms. The number of carboxylic acids is 1. The van der Waals surface area contributed by atoms with Gasteiger partial charge in [-0.05, 0) is 50.5 Å². The van der Waals surface area contributed by atoms with Crippen molar-refractivity contribution in [2.75, 3.05) is 13.1 Å². The standard InChI is InChI=1S/C15H29NO2/c1-11(2)8-13(4)16-7-5-6-14(10-16)12(3)9-15(17)18/h11-14H,5-10H2,1-4H3,(H,17,18). The van der Waals surface area contributed by atoms with Gasteiger partial charge >= 0.3 is 5.97 Å². The SMILES string of the molecule is CC(C)CC(C)N1CCCC(C(C)CC(=O)O)C1. The molecule has 0 spiro atoms. The summed E-state index contributed by atoms with van der Waals surface area (Å²) in [6, 6.07) is 0.629. The van der Waals surface area contributed by atoms with Gasteiger partial charge < -0.3 is 10.0 Å². The minimum absolute atomic E-state index is 0.302. The lowest BCUT2D eigenvalue weighted by atomic mass is 9.84. The zero-order valence-electron chi connectivity index (χ0n) is 12.4.